The standard InChI is InChI=1S/2C11H13NO4/c2*1-14-9-4-2-3-5-10(9)15-7-8-6-12-11(13)16-8/h2*2-5,8H,6-7H2,1H3,(H,12,13). The summed E-state index contributed by atoms with van der Waals surface area (Å²) in [5.74, 6) is 2.63. The first kappa shape index (κ1) is 22.9. The summed E-state index contributed by atoms with van der Waals surface area (Å²) >= 11 is 0. The molecule has 2 amide bonds. The van der Waals surface area contributed by atoms with Crippen LogP contribution in [-0.4, -0.2) is 64.9 Å². The zero-order valence-corrected chi connectivity index (χ0v) is 17.9. The SMILES string of the molecule is COc1ccccc1OCC1CNC(=O)O1.COc1ccccc1OCC1CNC(=O)O1. The molecule has 2 unspecified atom stereocenters. The number of alkyl carbamates (subject to hydrolysis) is 2. The Bertz CT molecular complexity index is 834. The minimum atomic E-state index is -0.395. The fourth-order valence-electron chi connectivity index (χ4n) is 2.89. The molecule has 2 aliphatic rings. The number of hydrogen-bond donors (Lipinski definition) is 2. The maximum atomic E-state index is 10.8. The quantitative estimate of drug-likeness (QED) is 0.635. The average molecular weight is 446 g/mol. The Kier molecular flexibility index (Phi) is 8.24. The number of hydrogen-bond acceptors (Lipinski definition) is 8. The van der Waals surface area contributed by atoms with E-state index in [1.54, 1.807) is 14.2 Å². The lowest BCUT2D eigenvalue weighted by atomic mass is 10.3. The molecule has 2 atom stereocenters. The molecule has 2 aromatic rings. The van der Waals surface area contributed by atoms with E-state index in [4.69, 9.17) is 28.4 Å². The third kappa shape index (κ3) is 6.59. The van der Waals surface area contributed by atoms with E-state index in [9.17, 15) is 9.59 Å². The van der Waals surface area contributed by atoms with E-state index in [-0.39, 0.29) is 12.2 Å². The topological polar surface area (TPSA) is 114 Å². The van der Waals surface area contributed by atoms with Gasteiger partial charge < -0.3 is 39.1 Å². The van der Waals surface area contributed by atoms with E-state index in [1.807, 2.05) is 48.5 Å². The summed E-state index contributed by atoms with van der Waals surface area (Å²) < 4.78 is 31.2. The van der Waals surface area contributed by atoms with Gasteiger partial charge in [0.2, 0.25) is 0 Å². The Morgan fingerprint density at radius 3 is 1.41 bits per heavy atom. The lowest BCUT2D eigenvalue weighted by molar-refractivity contribution is 0.103. The molecule has 10 heteroatoms. The van der Waals surface area contributed by atoms with Crippen LogP contribution in [0.25, 0.3) is 0 Å². The average Bonchev–Trinajstić information content (AvgIpc) is 3.44. The molecule has 2 N–H and O–H groups in total. The zero-order chi connectivity index (χ0) is 22.8. The van der Waals surface area contributed by atoms with Gasteiger partial charge in [-0.2, -0.15) is 0 Å². The van der Waals surface area contributed by atoms with Gasteiger partial charge in [0, 0.05) is 0 Å². The van der Waals surface area contributed by atoms with Gasteiger partial charge in [-0.15, -0.1) is 0 Å². The largest absolute Gasteiger partial charge is 0.493 e. The molecule has 2 fully saturated rings. The van der Waals surface area contributed by atoms with Crippen LogP contribution in [0.5, 0.6) is 23.0 Å². The number of rotatable bonds is 8. The normalized spacial score (nSPS) is 18.8. The molecule has 2 heterocycles. The van der Waals surface area contributed by atoms with Crippen molar-refractivity contribution in [2.45, 2.75) is 12.2 Å². The number of carbonyl (C=O) groups excluding carboxylic acids is 2. The predicted molar refractivity (Wildman–Crippen MR) is 114 cm³/mol. The maximum Gasteiger partial charge on any atom is 0.407 e. The molecule has 0 aromatic heterocycles. The third-order valence-corrected chi connectivity index (χ3v) is 4.48. The highest BCUT2D eigenvalue weighted by molar-refractivity contribution is 5.69. The van der Waals surface area contributed by atoms with Gasteiger partial charge >= 0.3 is 12.2 Å². The molecule has 0 aliphatic carbocycles. The second kappa shape index (κ2) is 11.5. The Morgan fingerprint density at radius 1 is 0.719 bits per heavy atom. The fraction of sp³-hybridized carbons (Fsp3) is 0.364. The lowest BCUT2D eigenvalue weighted by Crippen LogP contribution is -2.22. The molecule has 32 heavy (non-hydrogen) atoms. The first-order valence-electron chi connectivity index (χ1n) is 9.99. The van der Waals surface area contributed by atoms with Crippen molar-refractivity contribution in [3.8, 4) is 23.0 Å². The number of cyclic esters (lactones) is 2. The lowest BCUT2D eigenvalue weighted by Gasteiger charge is -2.12. The van der Waals surface area contributed by atoms with E-state index < -0.39 is 12.2 Å². The molecule has 10 nitrogen and oxygen atoms in total. The molecule has 0 bridgehead atoms. The van der Waals surface area contributed by atoms with E-state index >= 15 is 0 Å². The predicted octanol–water partition coefficient (Wildman–Crippen LogP) is 2.36. The van der Waals surface area contributed by atoms with Crippen LogP contribution in [0.2, 0.25) is 0 Å². The van der Waals surface area contributed by atoms with Crippen molar-refractivity contribution < 1.29 is 38.0 Å². The second-order valence-electron chi connectivity index (χ2n) is 6.74. The van der Waals surface area contributed by atoms with Gasteiger partial charge in [0.25, 0.3) is 0 Å². The van der Waals surface area contributed by atoms with Crippen LogP contribution < -0.4 is 29.6 Å². The Morgan fingerprint density at radius 2 is 1.09 bits per heavy atom. The monoisotopic (exact) mass is 446 g/mol. The molecule has 0 radical (unpaired) electrons. The van der Waals surface area contributed by atoms with Gasteiger partial charge in [-0.1, -0.05) is 24.3 Å². The van der Waals surface area contributed by atoms with Crippen molar-refractivity contribution in [3.63, 3.8) is 0 Å². The summed E-state index contributed by atoms with van der Waals surface area (Å²) in [6.07, 6.45) is -1.27. The highest BCUT2D eigenvalue weighted by Crippen LogP contribution is 2.27. The number of nitrogens with one attached hydrogen (secondary N) is 2. The van der Waals surface area contributed by atoms with E-state index in [0.29, 0.717) is 49.3 Å². The third-order valence-electron chi connectivity index (χ3n) is 4.48. The van der Waals surface area contributed by atoms with Crippen molar-refractivity contribution >= 4 is 12.2 Å². The first-order valence-corrected chi connectivity index (χ1v) is 9.99. The van der Waals surface area contributed by atoms with Crippen LogP contribution >= 0.6 is 0 Å². The van der Waals surface area contributed by atoms with Crippen LogP contribution in [0.1, 0.15) is 0 Å². The van der Waals surface area contributed by atoms with Gasteiger partial charge in [0.05, 0.1) is 27.3 Å². The molecule has 0 spiro atoms. The van der Waals surface area contributed by atoms with Gasteiger partial charge in [-0.25, -0.2) is 9.59 Å². The van der Waals surface area contributed by atoms with Gasteiger partial charge in [0.15, 0.2) is 35.2 Å². The van der Waals surface area contributed by atoms with Crippen molar-refractivity contribution in [2.75, 3.05) is 40.5 Å². The number of carbonyl (C=O) groups is 2. The van der Waals surface area contributed by atoms with Crippen LogP contribution in [0, 0.1) is 0 Å². The van der Waals surface area contributed by atoms with Gasteiger partial charge in [-0.3, -0.25) is 0 Å². The van der Waals surface area contributed by atoms with Crippen LogP contribution in [0.4, 0.5) is 9.59 Å². The zero-order valence-electron chi connectivity index (χ0n) is 17.9. The molecular weight excluding hydrogens is 420 g/mol. The summed E-state index contributed by atoms with van der Waals surface area (Å²) in [6, 6.07) is 14.7. The van der Waals surface area contributed by atoms with Gasteiger partial charge in [0.1, 0.15) is 13.2 Å². The number of methoxy groups -OCH3 is 2. The minimum absolute atomic E-state index is 0.239. The summed E-state index contributed by atoms with van der Waals surface area (Å²) in [5, 5.41) is 5.12. The van der Waals surface area contributed by atoms with Crippen LogP contribution in [-0.2, 0) is 9.47 Å². The molecule has 2 saturated heterocycles. The highest BCUT2D eigenvalue weighted by atomic mass is 16.6. The van der Waals surface area contributed by atoms with Crippen LogP contribution in [0.15, 0.2) is 48.5 Å². The summed E-state index contributed by atoms with van der Waals surface area (Å²) in [4.78, 5) is 21.5. The Labute approximate surface area is 185 Å². The van der Waals surface area contributed by atoms with Crippen molar-refractivity contribution in [2.24, 2.45) is 0 Å². The summed E-state index contributed by atoms with van der Waals surface area (Å²) in [5.41, 5.74) is 0. The smallest absolute Gasteiger partial charge is 0.407 e. The molecule has 172 valence electrons. The first-order chi connectivity index (χ1) is 15.6. The maximum absolute atomic E-state index is 10.8. The molecule has 4 rings (SSSR count). The molecular formula is C22H26N2O8. The number of amides is 2. The van der Waals surface area contributed by atoms with E-state index in [1.165, 1.54) is 0 Å². The van der Waals surface area contributed by atoms with Gasteiger partial charge in [-0.05, 0) is 24.3 Å². The van der Waals surface area contributed by atoms with Crippen molar-refractivity contribution in [1.29, 1.82) is 0 Å². The van der Waals surface area contributed by atoms with Crippen molar-refractivity contribution in [3.05, 3.63) is 48.5 Å². The number of para-hydroxylation sites is 4. The van der Waals surface area contributed by atoms with Crippen molar-refractivity contribution in [1.82, 2.24) is 10.6 Å². The molecule has 2 aromatic carbocycles. The fourth-order valence-corrected chi connectivity index (χ4v) is 2.89. The minimum Gasteiger partial charge on any atom is -0.493 e. The molecule has 0 saturated carbocycles. The van der Waals surface area contributed by atoms with Crippen LogP contribution in [0.3, 0.4) is 0 Å². The number of ether oxygens (including phenoxy) is 6. The van der Waals surface area contributed by atoms with E-state index in [0.717, 1.165) is 0 Å². The summed E-state index contributed by atoms with van der Waals surface area (Å²) in [7, 11) is 3.17. The number of benzene rings is 2. The second-order valence-corrected chi connectivity index (χ2v) is 6.74. The Hall–Kier alpha value is -3.82. The van der Waals surface area contributed by atoms with E-state index in [2.05, 4.69) is 10.6 Å². The Balaban J connectivity index is 0.000000181. The summed E-state index contributed by atoms with van der Waals surface area (Å²) in [6.45, 7) is 1.60. The highest BCUT2D eigenvalue weighted by Gasteiger charge is 2.24. The molecule has 2 aliphatic heterocycles.